The zero-order valence-electron chi connectivity index (χ0n) is 11.4. The van der Waals surface area contributed by atoms with E-state index in [0.717, 1.165) is 0 Å². The van der Waals surface area contributed by atoms with E-state index < -0.39 is 0 Å². The fourth-order valence-corrected chi connectivity index (χ4v) is 1.13. The van der Waals surface area contributed by atoms with E-state index in [1.54, 1.807) is 7.11 Å². The van der Waals surface area contributed by atoms with Gasteiger partial charge in [0, 0.05) is 7.11 Å². The minimum Gasteiger partial charge on any atom is -0.394 e. The van der Waals surface area contributed by atoms with Crippen LogP contribution in [0.1, 0.15) is 6.92 Å². The highest BCUT2D eigenvalue weighted by molar-refractivity contribution is 4.46. The molecular formula is C12H26O6. The van der Waals surface area contributed by atoms with Gasteiger partial charge in [0.05, 0.1) is 65.6 Å². The van der Waals surface area contributed by atoms with Crippen LogP contribution in [0.3, 0.4) is 0 Å². The summed E-state index contributed by atoms with van der Waals surface area (Å²) >= 11 is 0. The number of aliphatic hydroxyl groups is 1. The second kappa shape index (κ2) is 14.8. The summed E-state index contributed by atoms with van der Waals surface area (Å²) in [7, 11) is 1.64. The van der Waals surface area contributed by atoms with E-state index in [9.17, 15) is 0 Å². The van der Waals surface area contributed by atoms with Gasteiger partial charge >= 0.3 is 0 Å². The lowest BCUT2D eigenvalue weighted by atomic mass is 10.4. The van der Waals surface area contributed by atoms with E-state index in [-0.39, 0.29) is 12.7 Å². The molecule has 0 saturated heterocycles. The van der Waals surface area contributed by atoms with Gasteiger partial charge in [-0.3, -0.25) is 0 Å². The Kier molecular flexibility index (Phi) is 14.6. The van der Waals surface area contributed by atoms with Crippen LogP contribution in [0.15, 0.2) is 0 Å². The molecule has 0 spiro atoms. The van der Waals surface area contributed by atoms with Gasteiger partial charge in [0.2, 0.25) is 0 Å². The zero-order chi connectivity index (χ0) is 13.5. The third-order valence-corrected chi connectivity index (χ3v) is 2.02. The fraction of sp³-hybridized carbons (Fsp3) is 1.00. The van der Waals surface area contributed by atoms with Crippen molar-refractivity contribution in [2.24, 2.45) is 0 Å². The molecule has 0 aromatic heterocycles. The van der Waals surface area contributed by atoms with Crippen LogP contribution < -0.4 is 0 Å². The molecular weight excluding hydrogens is 240 g/mol. The maximum Gasteiger partial charge on any atom is 0.0781 e. The van der Waals surface area contributed by atoms with Gasteiger partial charge < -0.3 is 28.8 Å². The number of hydrogen-bond acceptors (Lipinski definition) is 6. The summed E-state index contributed by atoms with van der Waals surface area (Å²) in [5.74, 6) is 0. The Balaban J connectivity index is 3.02. The lowest BCUT2D eigenvalue weighted by Crippen LogP contribution is -2.19. The number of ether oxygens (including phenoxy) is 5. The molecule has 1 N–H and O–H groups in total. The van der Waals surface area contributed by atoms with E-state index in [0.29, 0.717) is 52.9 Å². The highest BCUT2D eigenvalue weighted by Gasteiger charge is 2.01. The van der Waals surface area contributed by atoms with Crippen LogP contribution >= 0.6 is 0 Å². The molecule has 0 unspecified atom stereocenters. The van der Waals surface area contributed by atoms with Crippen LogP contribution in [0.2, 0.25) is 0 Å². The molecule has 0 fully saturated rings. The first-order valence-electron chi connectivity index (χ1n) is 6.26. The second-order valence-corrected chi connectivity index (χ2v) is 3.70. The minimum atomic E-state index is -0.00507. The third-order valence-electron chi connectivity index (χ3n) is 2.02. The molecule has 0 aliphatic heterocycles. The van der Waals surface area contributed by atoms with Gasteiger partial charge in [0.15, 0.2) is 0 Å². The average molecular weight is 266 g/mol. The molecule has 6 heteroatoms. The summed E-state index contributed by atoms with van der Waals surface area (Å²) in [5, 5.41) is 8.56. The van der Waals surface area contributed by atoms with Gasteiger partial charge in [0.1, 0.15) is 0 Å². The summed E-state index contributed by atoms with van der Waals surface area (Å²) in [6, 6.07) is 0. The molecule has 0 radical (unpaired) electrons. The summed E-state index contributed by atoms with van der Waals surface area (Å²) in [4.78, 5) is 0. The average Bonchev–Trinajstić information content (AvgIpc) is 2.38. The van der Waals surface area contributed by atoms with Crippen molar-refractivity contribution >= 4 is 0 Å². The van der Waals surface area contributed by atoms with Crippen molar-refractivity contribution in [2.45, 2.75) is 13.0 Å². The molecule has 0 bridgehead atoms. The van der Waals surface area contributed by atoms with Gasteiger partial charge in [-0.1, -0.05) is 0 Å². The molecule has 0 rings (SSSR count). The first-order valence-corrected chi connectivity index (χ1v) is 6.26. The highest BCUT2D eigenvalue weighted by atomic mass is 16.6. The first-order chi connectivity index (χ1) is 8.81. The van der Waals surface area contributed by atoms with Crippen molar-refractivity contribution < 1.29 is 28.8 Å². The molecule has 1 atom stereocenters. The minimum absolute atomic E-state index is 0.00507. The molecule has 110 valence electrons. The maximum absolute atomic E-state index is 8.56. The Labute approximate surface area is 109 Å². The van der Waals surface area contributed by atoms with E-state index in [1.165, 1.54) is 0 Å². The molecule has 18 heavy (non-hydrogen) atoms. The standard InChI is InChI=1S/C12H26O6/c1-12(18-4-3-13)11-17-10-9-16-8-7-15-6-5-14-2/h12-13H,3-11H2,1-2H3/t12-/m0/s1. The van der Waals surface area contributed by atoms with Gasteiger partial charge in [-0.25, -0.2) is 0 Å². The Morgan fingerprint density at radius 3 is 1.94 bits per heavy atom. The van der Waals surface area contributed by atoms with Gasteiger partial charge in [-0.15, -0.1) is 0 Å². The predicted octanol–water partition coefficient (Wildman–Crippen LogP) is 0.0800. The first kappa shape index (κ1) is 17.8. The van der Waals surface area contributed by atoms with E-state index >= 15 is 0 Å². The highest BCUT2D eigenvalue weighted by Crippen LogP contribution is 1.91. The van der Waals surface area contributed by atoms with Crippen LogP contribution in [0.25, 0.3) is 0 Å². The van der Waals surface area contributed by atoms with E-state index in [4.69, 9.17) is 28.8 Å². The van der Waals surface area contributed by atoms with Gasteiger partial charge in [-0.05, 0) is 6.92 Å². The molecule has 0 heterocycles. The lowest BCUT2D eigenvalue weighted by Gasteiger charge is -2.12. The fourth-order valence-electron chi connectivity index (χ4n) is 1.13. The van der Waals surface area contributed by atoms with Crippen molar-refractivity contribution in [3.05, 3.63) is 0 Å². The SMILES string of the molecule is COCCOCCOCCOC[C@H](C)OCCO. The number of hydrogen-bond donors (Lipinski definition) is 1. The van der Waals surface area contributed by atoms with E-state index in [1.807, 2.05) is 6.92 Å². The number of rotatable bonds is 14. The van der Waals surface area contributed by atoms with Gasteiger partial charge in [-0.2, -0.15) is 0 Å². The molecule has 0 amide bonds. The number of methoxy groups -OCH3 is 1. The molecule has 6 nitrogen and oxygen atoms in total. The monoisotopic (exact) mass is 266 g/mol. The van der Waals surface area contributed by atoms with Crippen molar-refractivity contribution in [1.82, 2.24) is 0 Å². The molecule has 0 aliphatic carbocycles. The van der Waals surface area contributed by atoms with Crippen LogP contribution in [-0.2, 0) is 23.7 Å². The van der Waals surface area contributed by atoms with Crippen LogP contribution in [0.4, 0.5) is 0 Å². The Hall–Kier alpha value is -0.240. The summed E-state index contributed by atoms with van der Waals surface area (Å²) in [6.45, 7) is 6.20. The lowest BCUT2D eigenvalue weighted by molar-refractivity contribution is -0.0374. The summed E-state index contributed by atoms with van der Waals surface area (Å²) in [6.07, 6.45) is -0.00507. The topological polar surface area (TPSA) is 66.4 Å². The molecule has 0 aliphatic rings. The van der Waals surface area contributed by atoms with Crippen molar-refractivity contribution in [2.75, 3.05) is 66.6 Å². The van der Waals surface area contributed by atoms with Crippen LogP contribution in [0, 0.1) is 0 Å². The smallest absolute Gasteiger partial charge is 0.0781 e. The predicted molar refractivity (Wildman–Crippen MR) is 66.8 cm³/mol. The molecule has 0 saturated carbocycles. The normalized spacial score (nSPS) is 12.8. The summed E-state index contributed by atoms with van der Waals surface area (Å²) in [5.41, 5.74) is 0. The second-order valence-electron chi connectivity index (χ2n) is 3.70. The number of aliphatic hydroxyl groups excluding tert-OH is 1. The van der Waals surface area contributed by atoms with Crippen LogP contribution in [-0.4, -0.2) is 77.8 Å². The quantitative estimate of drug-likeness (QED) is 0.449. The van der Waals surface area contributed by atoms with Crippen molar-refractivity contribution in [3.63, 3.8) is 0 Å². The van der Waals surface area contributed by atoms with Crippen LogP contribution in [0.5, 0.6) is 0 Å². The molecule has 0 aromatic rings. The van der Waals surface area contributed by atoms with E-state index in [2.05, 4.69) is 0 Å². The Bertz CT molecular complexity index is 156. The zero-order valence-corrected chi connectivity index (χ0v) is 11.4. The summed E-state index contributed by atoms with van der Waals surface area (Å²) < 4.78 is 25.9. The maximum atomic E-state index is 8.56. The van der Waals surface area contributed by atoms with Gasteiger partial charge in [0.25, 0.3) is 0 Å². The Morgan fingerprint density at radius 2 is 1.39 bits per heavy atom. The molecule has 0 aromatic carbocycles. The largest absolute Gasteiger partial charge is 0.394 e. The van der Waals surface area contributed by atoms with Crippen molar-refractivity contribution in [3.8, 4) is 0 Å². The third kappa shape index (κ3) is 13.8. The Morgan fingerprint density at radius 1 is 0.833 bits per heavy atom. The van der Waals surface area contributed by atoms with Crippen molar-refractivity contribution in [1.29, 1.82) is 0 Å².